The highest BCUT2D eigenvalue weighted by Crippen LogP contribution is 2.27. The fourth-order valence-electron chi connectivity index (χ4n) is 0.978. The molecule has 0 saturated carbocycles. The molecule has 0 aliphatic rings. The van der Waals surface area contributed by atoms with E-state index >= 15 is 0 Å². The lowest BCUT2D eigenvalue weighted by atomic mass is 10.2. The number of benzene rings is 1. The minimum Gasteiger partial charge on any atom is -0.504 e. The molecule has 0 amide bonds. The van der Waals surface area contributed by atoms with Gasteiger partial charge in [0.2, 0.25) is 0 Å². The van der Waals surface area contributed by atoms with Gasteiger partial charge < -0.3 is 9.84 Å². The molecule has 0 aromatic heterocycles. The number of hydrogen-bond acceptors (Lipinski definition) is 3. The number of methoxy groups -OCH3 is 1. The van der Waals surface area contributed by atoms with Crippen LogP contribution >= 0.6 is 11.8 Å². The molecule has 0 atom stereocenters. The second-order valence-corrected chi connectivity index (χ2v) is 3.31. The van der Waals surface area contributed by atoms with Gasteiger partial charge in [0, 0.05) is 5.75 Å². The maximum Gasteiger partial charge on any atom is 0.160 e. The average molecular weight is 184 g/mol. The van der Waals surface area contributed by atoms with Crippen molar-refractivity contribution in [3.8, 4) is 11.5 Å². The molecule has 3 heteroatoms. The molecule has 2 nitrogen and oxygen atoms in total. The molecule has 0 radical (unpaired) electrons. The topological polar surface area (TPSA) is 29.5 Å². The van der Waals surface area contributed by atoms with Crippen molar-refractivity contribution >= 4 is 11.8 Å². The van der Waals surface area contributed by atoms with E-state index in [2.05, 4.69) is 0 Å². The van der Waals surface area contributed by atoms with Crippen molar-refractivity contribution < 1.29 is 9.84 Å². The number of rotatable bonds is 3. The van der Waals surface area contributed by atoms with E-state index < -0.39 is 0 Å². The van der Waals surface area contributed by atoms with Crippen molar-refractivity contribution in [2.24, 2.45) is 0 Å². The van der Waals surface area contributed by atoms with Gasteiger partial charge in [-0.25, -0.2) is 0 Å². The molecule has 0 aliphatic heterocycles. The van der Waals surface area contributed by atoms with Gasteiger partial charge in [-0.2, -0.15) is 11.8 Å². The Balaban J connectivity index is 2.89. The van der Waals surface area contributed by atoms with E-state index in [4.69, 9.17) is 4.74 Å². The van der Waals surface area contributed by atoms with E-state index in [1.165, 1.54) is 0 Å². The van der Waals surface area contributed by atoms with Crippen LogP contribution in [0, 0.1) is 0 Å². The fraction of sp³-hybridized carbons (Fsp3) is 0.333. The number of phenols is 1. The molecule has 1 aromatic rings. The van der Waals surface area contributed by atoms with Gasteiger partial charge in [0.05, 0.1) is 7.11 Å². The van der Waals surface area contributed by atoms with Crippen LogP contribution in [0.1, 0.15) is 5.56 Å². The summed E-state index contributed by atoms with van der Waals surface area (Å²) in [5, 5.41) is 9.27. The predicted molar refractivity (Wildman–Crippen MR) is 51.9 cm³/mol. The fourth-order valence-corrected chi connectivity index (χ4v) is 1.49. The summed E-state index contributed by atoms with van der Waals surface area (Å²) >= 11 is 1.74. The van der Waals surface area contributed by atoms with Crippen molar-refractivity contribution in [2.75, 3.05) is 13.4 Å². The molecule has 0 saturated heterocycles. The molecule has 0 heterocycles. The van der Waals surface area contributed by atoms with Gasteiger partial charge in [0.1, 0.15) is 0 Å². The van der Waals surface area contributed by atoms with E-state index in [1.54, 1.807) is 24.9 Å². The smallest absolute Gasteiger partial charge is 0.160 e. The van der Waals surface area contributed by atoms with E-state index in [9.17, 15) is 5.11 Å². The Kier molecular flexibility index (Phi) is 3.29. The lowest BCUT2D eigenvalue weighted by Crippen LogP contribution is -1.86. The van der Waals surface area contributed by atoms with Crippen LogP contribution < -0.4 is 4.74 Å². The van der Waals surface area contributed by atoms with Gasteiger partial charge in [-0.3, -0.25) is 0 Å². The Labute approximate surface area is 76.6 Å². The summed E-state index contributed by atoms with van der Waals surface area (Å²) < 4.78 is 4.97. The second-order valence-electron chi connectivity index (χ2n) is 2.44. The first-order chi connectivity index (χ1) is 5.77. The zero-order valence-electron chi connectivity index (χ0n) is 7.20. The van der Waals surface area contributed by atoms with Crippen LogP contribution in [0.5, 0.6) is 11.5 Å². The van der Waals surface area contributed by atoms with E-state index in [1.807, 2.05) is 18.4 Å². The van der Waals surface area contributed by atoms with Gasteiger partial charge >= 0.3 is 0 Å². The molecule has 1 N–H and O–H groups in total. The highest BCUT2D eigenvalue weighted by Gasteiger charge is 2.01. The summed E-state index contributed by atoms with van der Waals surface area (Å²) in [6.45, 7) is 0. The zero-order chi connectivity index (χ0) is 8.97. The Hall–Kier alpha value is -0.830. The van der Waals surface area contributed by atoms with Gasteiger partial charge in [-0.05, 0) is 24.0 Å². The lowest BCUT2D eigenvalue weighted by molar-refractivity contribution is 0.373. The summed E-state index contributed by atoms with van der Waals surface area (Å²) in [7, 11) is 1.55. The minimum atomic E-state index is 0.197. The highest BCUT2D eigenvalue weighted by molar-refractivity contribution is 7.97. The summed E-state index contributed by atoms with van der Waals surface area (Å²) in [4.78, 5) is 0. The molecule has 0 spiro atoms. The second kappa shape index (κ2) is 4.26. The molecule has 0 bridgehead atoms. The Morgan fingerprint density at radius 2 is 2.25 bits per heavy atom. The van der Waals surface area contributed by atoms with Crippen LogP contribution in [-0.2, 0) is 5.75 Å². The van der Waals surface area contributed by atoms with E-state index in [0.717, 1.165) is 11.3 Å². The van der Waals surface area contributed by atoms with E-state index in [-0.39, 0.29) is 5.75 Å². The molecule has 12 heavy (non-hydrogen) atoms. The van der Waals surface area contributed by atoms with E-state index in [0.29, 0.717) is 5.75 Å². The summed E-state index contributed by atoms with van der Waals surface area (Å²) in [6.07, 6.45) is 2.04. The van der Waals surface area contributed by atoms with Crippen LogP contribution in [0.4, 0.5) is 0 Å². The van der Waals surface area contributed by atoms with Crippen molar-refractivity contribution in [3.05, 3.63) is 23.8 Å². The van der Waals surface area contributed by atoms with Crippen LogP contribution in [0.3, 0.4) is 0 Å². The first-order valence-electron chi connectivity index (χ1n) is 3.62. The summed E-state index contributed by atoms with van der Waals surface area (Å²) in [6, 6.07) is 5.41. The van der Waals surface area contributed by atoms with Gasteiger partial charge in [-0.15, -0.1) is 0 Å². The maximum absolute atomic E-state index is 9.27. The molecule has 0 fully saturated rings. The number of hydrogen-bond donors (Lipinski definition) is 1. The van der Waals surface area contributed by atoms with Gasteiger partial charge in [0.15, 0.2) is 11.5 Å². The third-order valence-corrected chi connectivity index (χ3v) is 2.18. The number of phenolic OH excluding ortho intramolecular Hbond substituents is 1. The average Bonchev–Trinajstić information content (AvgIpc) is 2.09. The number of thioether (sulfide) groups is 1. The molecule has 1 aromatic carbocycles. The van der Waals surface area contributed by atoms with Crippen LogP contribution in [0.2, 0.25) is 0 Å². The maximum atomic E-state index is 9.27. The molecule has 0 unspecified atom stereocenters. The van der Waals surface area contributed by atoms with Gasteiger partial charge in [-0.1, -0.05) is 6.07 Å². The minimum absolute atomic E-state index is 0.197. The predicted octanol–water partition coefficient (Wildman–Crippen LogP) is 2.26. The molecule has 1 rings (SSSR count). The first-order valence-corrected chi connectivity index (χ1v) is 5.02. The van der Waals surface area contributed by atoms with Crippen LogP contribution in [-0.4, -0.2) is 18.5 Å². The van der Waals surface area contributed by atoms with Crippen molar-refractivity contribution in [2.45, 2.75) is 5.75 Å². The Bertz CT molecular complexity index is 261. The Morgan fingerprint density at radius 3 is 2.83 bits per heavy atom. The quantitative estimate of drug-likeness (QED) is 0.781. The third-order valence-electron chi connectivity index (χ3n) is 1.56. The zero-order valence-corrected chi connectivity index (χ0v) is 8.02. The number of ether oxygens (including phenoxy) is 1. The van der Waals surface area contributed by atoms with Crippen molar-refractivity contribution in [3.63, 3.8) is 0 Å². The summed E-state index contributed by atoms with van der Waals surface area (Å²) in [5.41, 5.74) is 1.16. The van der Waals surface area contributed by atoms with Gasteiger partial charge in [0.25, 0.3) is 0 Å². The first kappa shape index (κ1) is 9.26. The highest BCUT2D eigenvalue weighted by atomic mass is 32.2. The van der Waals surface area contributed by atoms with Crippen LogP contribution in [0.25, 0.3) is 0 Å². The van der Waals surface area contributed by atoms with Crippen LogP contribution in [0.15, 0.2) is 18.2 Å². The standard InChI is InChI=1S/C9H12O2S/c1-11-9-5-7(6-12-2)3-4-8(9)10/h3-5,10H,6H2,1-2H3. The normalized spacial score (nSPS) is 9.83. The number of aromatic hydroxyl groups is 1. The monoisotopic (exact) mass is 184 g/mol. The van der Waals surface area contributed by atoms with Crippen molar-refractivity contribution in [1.82, 2.24) is 0 Å². The molecular formula is C9H12O2S. The molecular weight excluding hydrogens is 172 g/mol. The molecule has 66 valence electrons. The third kappa shape index (κ3) is 2.08. The van der Waals surface area contributed by atoms with Crippen molar-refractivity contribution in [1.29, 1.82) is 0 Å². The summed E-state index contributed by atoms with van der Waals surface area (Å²) in [5.74, 6) is 1.68. The SMILES string of the molecule is COc1cc(CSC)ccc1O. The Morgan fingerprint density at radius 1 is 1.50 bits per heavy atom. The molecule has 0 aliphatic carbocycles. The lowest BCUT2D eigenvalue weighted by Gasteiger charge is -2.04. The largest absolute Gasteiger partial charge is 0.504 e.